The van der Waals surface area contributed by atoms with E-state index in [0.29, 0.717) is 18.6 Å². The molecule has 1 aliphatic rings. The average Bonchev–Trinajstić information content (AvgIpc) is 2.29. The lowest BCUT2D eigenvalue weighted by atomic mass is 9.96. The predicted molar refractivity (Wildman–Crippen MR) is 72.2 cm³/mol. The van der Waals surface area contributed by atoms with Crippen LogP contribution in [0.3, 0.4) is 0 Å². The third-order valence-corrected chi connectivity index (χ3v) is 3.16. The normalized spacial score (nSPS) is 18.7. The van der Waals surface area contributed by atoms with Gasteiger partial charge in [0, 0.05) is 13.6 Å². The molecule has 0 radical (unpaired) electrons. The molecule has 4 nitrogen and oxygen atoms in total. The van der Waals surface area contributed by atoms with Gasteiger partial charge in [-0.25, -0.2) is 4.99 Å². The molecule has 17 heavy (non-hydrogen) atoms. The molecule has 0 aromatic rings. The molecule has 1 saturated carbocycles. The summed E-state index contributed by atoms with van der Waals surface area (Å²) in [7, 11) is 1.98. The minimum absolute atomic E-state index is 0.278. The van der Waals surface area contributed by atoms with Gasteiger partial charge in [-0.15, -0.1) is 0 Å². The van der Waals surface area contributed by atoms with Crippen molar-refractivity contribution >= 4 is 5.96 Å². The lowest BCUT2D eigenvalue weighted by Gasteiger charge is -2.23. The van der Waals surface area contributed by atoms with E-state index in [-0.39, 0.29) is 6.10 Å². The summed E-state index contributed by atoms with van der Waals surface area (Å²) in [6, 6.07) is 0.442. The van der Waals surface area contributed by atoms with Gasteiger partial charge in [0.1, 0.15) is 0 Å². The number of rotatable bonds is 5. The Kier molecular flexibility index (Phi) is 6.34. The largest absolute Gasteiger partial charge is 0.377 e. The molecule has 0 aliphatic heterocycles. The first-order valence-electron chi connectivity index (χ1n) is 6.75. The maximum absolute atomic E-state index is 5.99. The Balaban J connectivity index is 2.28. The molecule has 0 saturated heterocycles. The van der Waals surface area contributed by atoms with Gasteiger partial charge in [-0.3, -0.25) is 0 Å². The molecule has 0 atom stereocenters. The Bertz CT molecular complexity index is 235. The highest BCUT2D eigenvalue weighted by Crippen LogP contribution is 2.20. The van der Waals surface area contributed by atoms with E-state index in [4.69, 9.17) is 10.5 Å². The Morgan fingerprint density at radius 1 is 1.35 bits per heavy atom. The Morgan fingerprint density at radius 3 is 2.59 bits per heavy atom. The van der Waals surface area contributed by atoms with Crippen molar-refractivity contribution in [2.45, 2.75) is 58.1 Å². The van der Waals surface area contributed by atoms with E-state index in [0.717, 1.165) is 6.54 Å². The highest BCUT2D eigenvalue weighted by Gasteiger charge is 2.13. The summed E-state index contributed by atoms with van der Waals surface area (Å²) in [4.78, 5) is 6.58. The summed E-state index contributed by atoms with van der Waals surface area (Å²) in [6.45, 7) is 5.59. The molecule has 4 heteroatoms. The van der Waals surface area contributed by atoms with Crippen LogP contribution in [0.25, 0.3) is 0 Å². The third kappa shape index (κ3) is 5.91. The molecule has 0 unspecified atom stereocenters. The highest BCUT2D eigenvalue weighted by atomic mass is 16.5. The van der Waals surface area contributed by atoms with Crippen molar-refractivity contribution in [3.63, 3.8) is 0 Å². The number of guanidine groups is 1. The van der Waals surface area contributed by atoms with Crippen molar-refractivity contribution in [2.75, 3.05) is 20.2 Å². The second kappa shape index (κ2) is 7.54. The van der Waals surface area contributed by atoms with Gasteiger partial charge in [0.25, 0.3) is 0 Å². The van der Waals surface area contributed by atoms with Gasteiger partial charge in [-0.05, 0) is 26.7 Å². The van der Waals surface area contributed by atoms with Crippen molar-refractivity contribution in [2.24, 2.45) is 10.7 Å². The molecule has 1 aliphatic carbocycles. The van der Waals surface area contributed by atoms with Crippen molar-refractivity contribution in [3.8, 4) is 0 Å². The van der Waals surface area contributed by atoms with Crippen molar-refractivity contribution in [1.29, 1.82) is 0 Å². The van der Waals surface area contributed by atoms with Gasteiger partial charge in [-0.2, -0.15) is 0 Å². The Hall–Kier alpha value is -0.770. The van der Waals surface area contributed by atoms with E-state index in [1.165, 1.54) is 32.1 Å². The monoisotopic (exact) mass is 241 g/mol. The lowest BCUT2D eigenvalue weighted by Crippen LogP contribution is -2.37. The number of nitrogens with zero attached hydrogens (tertiary/aromatic N) is 2. The van der Waals surface area contributed by atoms with E-state index >= 15 is 0 Å². The quantitative estimate of drug-likeness (QED) is 0.591. The summed E-state index contributed by atoms with van der Waals surface area (Å²) >= 11 is 0. The third-order valence-electron chi connectivity index (χ3n) is 3.16. The predicted octanol–water partition coefficient (Wildman–Crippen LogP) is 1.99. The number of aliphatic imine (C=N–C) groups is 1. The summed E-state index contributed by atoms with van der Waals surface area (Å²) in [5.41, 5.74) is 5.99. The molecular formula is C13H27N3O. The van der Waals surface area contributed by atoms with E-state index in [9.17, 15) is 0 Å². The molecule has 100 valence electrons. The van der Waals surface area contributed by atoms with Crippen LogP contribution in [0.5, 0.6) is 0 Å². The van der Waals surface area contributed by atoms with Gasteiger partial charge in [0.05, 0.1) is 18.8 Å². The zero-order valence-corrected chi connectivity index (χ0v) is 11.5. The van der Waals surface area contributed by atoms with E-state index < -0.39 is 0 Å². The molecule has 0 aromatic heterocycles. The first-order chi connectivity index (χ1) is 8.09. The maximum atomic E-state index is 5.99. The number of hydrogen-bond donors (Lipinski definition) is 1. The maximum Gasteiger partial charge on any atom is 0.191 e. The number of hydrogen-bond acceptors (Lipinski definition) is 2. The van der Waals surface area contributed by atoms with Crippen LogP contribution in [0.2, 0.25) is 0 Å². The topological polar surface area (TPSA) is 50.9 Å². The zero-order chi connectivity index (χ0) is 12.7. The van der Waals surface area contributed by atoms with Crippen LogP contribution in [0.4, 0.5) is 0 Å². The SMILES string of the molecule is CC(C)OCCN(C)C(N)=NC1CCCCC1. The number of ether oxygens (including phenoxy) is 1. The molecule has 1 fully saturated rings. The Labute approximate surface area is 105 Å². The second-order valence-corrected chi connectivity index (χ2v) is 5.12. The fraction of sp³-hybridized carbons (Fsp3) is 0.923. The molecule has 0 amide bonds. The van der Waals surface area contributed by atoms with Gasteiger partial charge >= 0.3 is 0 Å². The van der Waals surface area contributed by atoms with Crippen LogP contribution < -0.4 is 5.73 Å². The first kappa shape index (κ1) is 14.3. The first-order valence-corrected chi connectivity index (χ1v) is 6.75. The molecule has 0 spiro atoms. The summed E-state index contributed by atoms with van der Waals surface area (Å²) in [5.74, 6) is 0.657. The molecule has 0 heterocycles. The van der Waals surface area contributed by atoms with Gasteiger partial charge < -0.3 is 15.4 Å². The van der Waals surface area contributed by atoms with Crippen molar-refractivity contribution in [1.82, 2.24) is 4.90 Å². The summed E-state index contributed by atoms with van der Waals surface area (Å²) in [5, 5.41) is 0. The van der Waals surface area contributed by atoms with Crippen LogP contribution in [0.1, 0.15) is 46.0 Å². The van der Waals surface area contributed by atoms with Crippen molar-refractivity contribution in [3.05, 3.63) is 0 Å². The second-order valence-electron chi connectivity index (χ2n) is 5.12. The van der Waals surface area contributed by atoms with Crippen LogP contribution in [0, 0.1) is 0 Å². The lowest BCUT2D eigenvalue weighted by molar-refractivity contribution is 0.0723. The molecule has 0 aromatic carbocycles. The van der Waals surface area contributed by atoms with Crippen LogP contribution in [-0.2, 0) is 4.74 Å². The van der Waals surface area contributed by atoms with Crippen molar-refractivity contribution < 1.29 is 4.74 Å². The van der Waals surface area contributed by atoms with E-state index in [1.807, 2.05) is 25.8 Å². The van der Waals surface area contributed by atoms with Gasteiger partial charge in [0.2, 0.25) is 0 Å². The standard InChI is InChI=1S/C13H27N3O/c1-11(2)17-10-9-16(3)13(14)15-12-7-5-4-6-8-12/h11-12H,4-10H2,1-3H3,(H2,14,15). The fourth-order valence-corrected chi connectivity index (χ4v) is 2.04. The van der Waals surface area contributed by atoms with Crippen LogP contribution >= 0.6 is 0 Å². The Morgan fingerprint density at radius 2 is 2.00 bits per heavy atom. The number of nitrogens with two attached hydrogens (primary N) is 1. The average molecular weight is 241 g/mol. The van der Waals surface area contributed by atoms with E-state index in [2.05, 4.69) is 4.99 Å². The fourth-order valence-electron chi connectivity index (χ4n) is 2.04. The zero-order valence-electron chi connectivity index (χ0n) is 11.5. The minimum atomic E-state index is 0.278. The molecule has 2 N–H and O–H groups in total. The highest BCUT2D eigenvalue weighted by molar-refractivity contribution is 5.77. The van der Waals surface area contributed by atoms with Gasteiger partial charge in [-0.1, -0.05) is 19.3 Å². The molecule has 1 rings (SSSR count). The summed E-state index contributed by atoms with van der Waals surface area (Å²) < 4.78 is 5.50. The van der Waals surface area contributed by atoms with E-state index in [1.54, 1.807) is 0 Å². The summed E-state index contributed by atoms with van der Waals surface area (Å²) in [6.07, 6.45) is 6.60. The smallest absolute Gasteiger partial charge is 0.191 e. The van der Waals surface area contributed by atoms with Crippen LogP contribution in [-0.4, -0.2) is 43.2 Å². The molecule has 0 bridgehead atoms. The minimum Gasteiger partial charge on any atom is -0.377 e. The van der Waals surface area contributed by atoms with Gasteiger partial charge in [0.15, 0.2) is 5.96 Å². The molecular weight excluding hydrogens is 214 g/mol. The van der Waals surface area contributed by atoms with Crippen LogP contribution in [0.15, 0.2) is 4.99 Å². The number of likely N-dealkylation sites (N-methyl/N-ethyl adjacent to an activating group) is 1.